The quantitative estimate of drug-likeness (QED) is 0.861. The number of hydrogen-bond donors (Lipinski definition) is 1. The number of anilines is 1. The zero-order chi connectivity index (χ0) is 14.2. The van der Waals surface area contributed by atoms with Crippen LogP contribution in [-0.2, 0) is 16.6 Å². The second kappa shape index (κ2) is 4.78. The van der Waals surface area contributed by atoms with Crippen LogP contribution in [0.25, 0.3) is 0 Å². The molecule has 3 rings (SSSR count). The monoisotopic (exact) mass is 265 g/mol. The maximum Gasteiger partial charge on any atom is 0.147 e. The zero-order valence-electron chi connectivity index (χ0n) is 11.7. The summed E-state index contributed by atoms with van der Waals surface area (Å²) in [6.45, 7) is 2.06. The molecule has 102 valence electrons. The first-order valence-corrected chi connectivity index (χ1v) is 7.05. The lowest BCUT2D eigenvalue weighted by Gasteiger charge is -2.15. The molecule has 20 heavy (non-hydrogen) atoms. The Morgan fingerprint density at radius 2 is 1.85 bits per heavy atom. The molecule has 1 aliphatic carbocycles. The van der Waals surface area contributed by atoms with Crippen LogP contribution in [0.5, 0.6) is 0 Å². The van der Waals surface area contributed by atoms with Crippen LogP contribution in [0.4, 0.5) is 5.69 Å². The van der Waals surface area contributed by atoms with E-state index in [1.807, 2.05) is 36.4 Å². The summed E-state index contributed by atoms with van der Waals surface area (Å²) in [6, 6.07) is 16.0. The molecule has 0 bridgehead atoms. The van der Waals surface area contributed by atoms with Crippen LogP contribution in [0.3, 0.4) is 0 Å². The van der Waals surface area contributed by atoms with Crippen molar-refractivity contribution < 1.29 is 4.79 Å². The molecule has 0 radical (unpaired) electrons. The molecule has 0 spiro atoms. The number of nitrogen functional groups attached to an aromatic ring is 1. The average molecular weight is 265 g/mol. The van der Waals surface area contributed by atoms with E-state index in [9.17, 15) is 4.79 Å². The normalized spacial score (nSPS) is 15.8. The molecule has 2 aromatic rings. The Hall–Kier alpha value is -2.09. The number of aryl methyl sites for hydroxylation is 1. The molecule has 0 saturated heterocycles. The molecule has 0 aromatic heterocycles. The Labute approximate surface area is 119 Å². The van der Waals surface area contributed by atoms with Gasteiger partial charge in [-0.2, -0.15) is 0 Å². The van der Waals surface area contributed by atoms with Gasteiger partial charge in [-0.3, -0.25) is 4.79 Å². The van der Waals surface area contributed by atoms with Gasteiger partial charge in [0.1, 0.15) is 5.78 Å². The molecule has 0 amide bonds. The summed E-state index contributed by atoms with van der Waals surface area (Å²) < 4.78 is 0. The third kappa shape index (κ3) is 2.34. The number of benzene rings is 2. The van der Waals surface area contributed by atoms with Crippen LogP contribution < -0.4 is 5.73 Å². The van der Waals surface area contributed by atoms with Crippen LogP contribution in [-0.4, -0.2) is 5.78 Å². The fourth-order valence-electron chi connectivity index (χ4n) is 2.83. The number of nitrogens with two attached hydrogens (primary N) is 1. The molecule has 0 aliphatic heterocycles. The van der Waals surface area contributed by atoms with Gasteiger partial charge in [0.15, 0.2) is 0 Å². The highest BCUT2D eigenvalue weighted by Crippen LogP contribution is 2.49. The van der Waals surface area contributed by atoms with Gasteiger partial charge in [0.2, 0.25) is 0 Å². The van der Waals surface area contributed by atoms with Crippen LogP contribution in [0.2, 0.25) is 0 Å². The highest BCUT2D eigenvalue weighted by Gasteiger charge is 2.50. The van der Waals surface area contributed by atoms with Crippen LogP contribution >= 0.6 is 0 Å². The number of hydrogen-bond acceptors (Lipinski definition) is 2. The molecule has 2 aromatic carbocycles. The van der Waals surface area contributed by atoms with E-state index in [-0.39, 0.29) is 5.41 Å². The zero-order valence-corrected chi connectivity index (χ0v) is 11.7. The average Bonchev–Trinajstić information content (AvgIpc) is 3.21. The Balaban J connectivity index is 1.81. The lowest BCUT2D eigenvalue weighted by atomic mass is 9.87. The molecule has 1 fully saturated rings. The number of rotatable bonds is 4. The maximum atomic E-state index is 12.7. The van der Waals surface area contributed by atoms with Crippen molar-refractivity contribution in [1.29, 1.82) is 0 Å². The maximum absolute atomic E-state index is 12.7. The van der Waals surface area contributed by atoms with Gasteiger partial charge in [-0.1, -0.05) is 42.0 Å². The highest BCUT2D eigenvalue weighted by molar-refractivity contribution is 5.94. The molecule has 2 N–H and O–H groups in total. The third-order valence-corrected chi connectivity index (χ3v) is 4.19. The van der Waals surface area contributed by atoms with Crippen molar-refractivity contribution >= 4 is 11.5 Å². The van der Waals surface area contributed by atoms with Crippen LogP contribution in [0.15, 0.2) is 48.5 Å². The summed E-state index contributed by atoms with van der Waals surface area (Å²) in [5.74, 6) is 0.327. The van der Waals surface area contributed by atoms with Crippen molar-refractivity contribution in [2.24, 2.45) is 0 Å². The molecule has 0 atom stereocenters. The minimum Gasteiger partial charge on any atom is -0.399 e. The van der Waals surface area contributed by atoms with Crippen molar-refractivity contribution in [2.45, 2.75) is 31.6 Å². The third-order valence-electron chi connectivity index (χ3n) is 4.19. The Bertz CT molecular complexity index is 639. The number of carbonyl (C=O) groups excluding carboxylic acids is 1. The van der Waals surface area contributed by atoms with Crippen LogP contribution in [0, 0.1) is 6.92 Å². The minimum atomic E-state index is -0.253. The van der Waals surface area contributed by atoms with Crippen LogP contribution in [0.1, 0.15) is 29.5 Å². The van der Waals surface area contributed by atoms with E-state index in [1.165, 1.54) is 5.56 Å². The second-order valence-corrected chi connectivity index (χ2v) is 5.79. The number of ketones is 1. The van der Waals surface area contributed by atoms with Gasteiger partial charge >= 0.3 is 0 Å². The summed E-state index contributed by atoms with van der Waals surface area (Å²) in [7, 11) is 0. The molecule has 2 heteroatoms. The second-order valence-electron chi connectivity index (χ2n) is 5.79. The van der Waals surface area contributed by atoms with E-state index in [2.05, 4.69) is 19.1 Å². The topological polar surface area (TPSA) is 43.1 Å². The molecule has 1 aliphatic rings. The van der Waals surface area contributed by atoms with E-state index in [0.29, 0.717) is 12.2 Å². The van der Waals surface area contributed by atoms with Gasteiger partial charge in [0.25, 0.3) is 0 Å². The summed E-state index contributed by atoms with van der Waals surface area (Å²) in [5.41, 5.74) is 9.64. The lowest BCUT2D eigenvalue weighted by Crippen LogP contribution is -2.22. The summed E-state index contributed by atoms with van der Waals surface area (Å²) in [4.78, 5) is 12.7. The number of carbonyl (C=O) groups is 1. The highest BCUT2D eigenvalue weighted by atomic mass is 16.1. The van der Waals surface area contributed by atoms with E-state index >= 15 is 0 Å². The predicted molar refractivity (Wildman–Crippen MR) is 81.7 cm³/mol. The van der Waals surface area contributed by atoms with E-state index in [4.69, 9.17) is 5.73 Å². The van der Waals surface area contributed by atoms with E-state index in [0.717, 1.165) is 29.7 Å². The first-order valence-electron chi connectivity index (χ1n) is 7.05. The summed E-state index contributed by atoms with van der Waals surface area (Å²) >= 11 is 0. The molecular weight excluding hydrogens is 246 g/mol. The molecule has 0 unspecified atom stereocenters. The summed E-state index contributed by atoms with van der Waals surface area (Å²) in [5, 5.41) is 0. The number of Topliss-reactive ketones (excluding diaryl/α,β-unsaturated/α-hetero) is 1. The molecule has 0 heterocycles. The van der Waals surface area contributed by atoms with Gasteiger partial charge in [0.05, 0.1) is 5.41 Å². The van der Waals surface area contributed by atoms with Crippen molar-refractivity contribution in [3.05, 3.63) is 65.2 Å². The Morgan fingerprint density at radius 1 is 1.15 bits per heavy atom. The lowest BCUT2D eigenvalue weighted by molar-refractivity contribution is -0.120. The smallest absolute Gasteiger partial charge is 0.147 e. The van der Waals surface area contributed by atoms with Crippen molar-refractivity contribution in [3.63, 3.8) is 0 Å². The standard InChI is InChI=1S/C18H19NO/c1-13-3-2-4-14(11-13)12-17(20)18(9-10-18)15-5-7-16(19)8-6-15/h2-8,11H,9-10,12,19H2,1H3. The largest absolute Gasteiger partial charge is 0.399 e. The molecular formula is C18H19NO. The van der Waals surface area contributed by atoms with E-state index in [1.54, 1.807) is 0 Å². The summed E-state index contributed by atoms with van der Waals surface area (Å²) in [6.07, 6.45) is 2.44. The Morgan fingerprint density at radius 3 is 2.45 bits per heavy atom. The fraction of sp³-hybridized carbons (Fsp3) is 0.278. The predicted octanol–water partition coefficient (Wildman–Crippen LogP) is 3.42. The van der Waals surface area contributed by atoms with Gasteiger partial charge < -0.3 is 5.73 Å². The van der Waals surface area contributed by atoms with E-state index < -0.39 is 0 Å². The fourth-order valence-corrected chi connectivity index (χ4v) is 2.83. The molecule has 2 nitrogen and oxygen atoms in total. The van der Waals surface area contributed by atoms with Crippen molar-refractivity contribution in [2.75, 3.05) is 5.73 Å². The Kier molecular flexibility index (Phi) is 3.09. The molecule has 1 saturated carbocycles. The minimum absolute atomic E-state index is 0.253. The van der Waals surface area contributed by atoms with Gasteiger partial charge in [-0.15, -0.1) is 0 Å². The van der Waals surface area contributed by atoms with Gasteiger partial charge in [0, 0.05) is 12.1 Å². The van der Waals surface area contributed by atoms with Gasteiger partial charge in [-0.05, 0) is 43.0 Å². The van der Waals surface area contributed by atoms with Crippen molar-refractivity contribution in [3.8, 4) is 0 Å². The first-order chi connectivity index (χ1) is 9.60. The SMILES string of the molecule is Cc1cccc(CC(=O)C2(c3ccc(N)cc3)CC2)c1. The van der Waals surface area contributed by atoms with Gasteiger partial charge in [-0.25, -0.2) is 0 Å². The van der Waals surface area contributed by atoms with Crippen molar-refractivity contribution in [1.82, 2.24) is 0 Å². The first kappa shape index (κ1) is 12.9.